The second-order valence-electron chi connectivity index (χ2n) is 2.07. The van der Waals surface area contributed by atoms with Crippen LogP contribution in [0.2, 0.25) is 10.2 Å². The Hall–Kier alpha value is -1.31. The largest absolute Gasteiger partial charge is 0.478 e. The second-order valence-corrected chi connectivity index (χ2v) is 2.80. The first kappa shape index (κ1) is 9.78. The van der Waals surface area contributed by atoms with Gasteiger partial charge in [-0.3, -0.25) is 0 Å². The number of aromatic carboxylic acids is 1. The number of aromatic nitrogens is 1. The van der Waals surface area contributed by atoms with Crippen molar-refractivity contribution < 1.29 is 9.90 Å². The topological polar surface area (TPSA) is 74.0 Å². The molecule has 0 saturated heterocycles. The summed E-state index contributed by atoms with van der Waals surface area (Å²) >= 11 is 11.0. The van der Waals surface area contributed by atoms with Crippen LogP contribution in [0.3, 0.4) is 0 Å². The first-order valence-corrected chi connectivity index (χ1v) is 3.81. The Morgan fingerprint density at radius 1 is 1.62 bits per heavy atom. The Kier molecular flexibility index (Phi) is 2.71. The van der Waals surface area contributed by atoms with E-state index in [0.29, 0.717) is 0 Å². The van der Waals surface area contributed by atoms with E-state index in [1.807, 2.05) is 0 Å². The molecule has 0 radical (unpaired) electrons. The fourth-order valence-corrected chi connectivity index (χ4v) is 1.07. The number of rotatable bonds is 1. The minimum absolute atomic E-state index is 0.0804. The molecule has 0 aliphatic rings. The minimum atomic E-state index is -1.26. The van der Waals surface area contributed by atoms with Gasteiger partial charge in [0.25, 0.3) is 0 Å². The summed E-state index contributed by atoms with van der Waals surface area (Å²) in [4.78, 5) is 14.1. The molecule has 0 spiro atoms. The van der Waals surface area contributed by atoms with E-state index in [1.54, 1.807) is 6.07 Å². The van der Waals surface area contributed by atoms with Gasteiger partial charge in [-0.25, -0.2) is 9.78 Å². The van der Waals surface area contributed by atoms with Crippen LogP contribution in [0.25, 0.3) is 0 Å². The average Bonchev–Trinajstić information content (AvgIpc) is 2.09. The average molecular weight is 217 g/mol. The van der Waals surface area contributed by atoms with Crippen molar-refractivity contribution in [1.29, 1.82) is 5.26 Å². The summed E-state index contributed by atoms with van der Waals surface area (Å²) in [6.07, 6.45) is 0.995. The molecule has 0 atom stereocenters. The highest BCUT2D eigenvalue weighted by molar-refractivity contribution is 6.42. The highest BCUT2D eigenvalue weighted by atomic mass is 35.5. The van der Waals surface area contributed by atoms with Crippen LogP contribution in [0.4, 0.5) is 0 Å². The van der Waals surface area contributed by atoms with Crippen LogP contribution in [0.15, 0.2) is 6.20 Å². The number of nitriles is 1. The molecule has 1 aromatic rings. The Morgan fingerprint density at radius 3 is 2.69 bits per heavy atom. The van der Waals surface area contributed by atoms with Gasteiger partial charge in [0.1, 0.15) is 11.2 Å². The summed E-state index contributed by atoms with van der Waals surface area (Å²) in [5.41, 5.74) is -0.425. The number of hydrogen-bond acceptors (Lipinski definition) is 3. The molecule has 66 valence electrons. The van der Waals surface area contributed by atoms with Gasteiger partial charge in [-0.05, 0) is 0 Å². The van der Waals surface area contributed by atoms with Crippen molar-refractivity contribution in [1.82, 2.24) is 4.98 Å². The van der Waals surface area contributed by atoms with Crippen LogP contribution in [0.5, 0.6) is 0 Å². The molecule has 0 aromatic carbocycles. The highest BCUT2D eigenvalue weighted by Crippen LogP contribution is 2.25. The molecular formula is C7H2Cl2N2O2. The number of hydrogen-bond donors (Lipinski definition) is 1. The molecule has 0 unspecified atom stereocenters. The van der Waals surface area contributed by atoms with E-state index in [0.717, 1.165) is 6.20 Å². The number of pyridine rings is 1. The molecule has 1 heterocycles. The summed E-state index contributed by atoms with van der Waals surface area (Å²) in [6.45, 7) is 0. The lowest BCUT2D eigenvalue weighted by Crippen LogP contribution is -2.02. The van der Waals surface area contributed by atoms with Crippen LogP contribution < -0.4 is 0 Å². The van der Waals surface area contributed by atoms with Crippen molar-refractivity contribution in [3.8, 4) is 6.07 Å². The second kappa shape index (κ2) is 3.60. The lowest BCUT2D eigenvalue weighted by molar-refractivity contribution is 0.0696. The molecule has 0 amide bonds. The lowest BCUT2D eigenvalue weighted by Gasteiger charge is -2.00. The fraction of sp³-hybridized carbons (Fsp3) is 0. The van der Waals surface area contributed by atoms with Crippen molar-refractivity contribution in [2.24, 2.45) is 0 Å². The Balaban J connectivity index is 3.50. The predicted molar refractivity (Wildman–Crippen MR) is 45.9 cm³/mol. The molecule has 4 nitrogen and oxygen atoms in total. The molecule has 0 aliphatic carbocycles. The third-order valence-corrected chi connectivity index (χ3v) is 2.07. The molecule has 13 heavy (non-hydrogen) atoms. The molecule has 0 fully saturated rings. The van der Waals surface area contributed by atoms with E-state index < -0.39 is 5.97 Å². The van der Waals surface area contributed by atoms with Gasteiger partial charge >= 0.3 is 5.97 Å². The van der Waals surface area contributed by atoms with E-state index in [2.05, 4.69) is 4.98 Å². The van der Waals surface area contributed by atoms with E-state index in [1.165, 1.54) is 0 Å². The van der Waals surface area contributed by atoms with Crippen molar-refractivity contribution in [2.45, 2.75) is 0 Å². The van der Waals surface area contributed by atoms with Crippen molar-refractivity contribution in [3.63, 3.8) is 0 Å². The third-order valence-electron chi connectivity index (χ3n) is 1.32. The standard InChI is InChI=1S/C7H2Cl2N2O2/c8-5-3(1-10)4(7(12)13)2-11-6(5)9/h2H,(H,12,13). The molecule has 6 heteroatoms. The Labute approximate surface area is 83.3 Å². The van der Waals surface area contributed by atoms with Gasteiger partial charge in [0.2, 0.25) is 0 Å². The smallest absolute Gasteiger partial charge is 0.338 e. The van der Waals surface area contributed by atoms with Crippen LogP contribution in [-0.4, -0.2) is 16.1 Å². The van der Waals surface area contributed by atoms with Gasteiger partial charge in [-0.1, -0.05) is 23.2 Å². The number of carbonyl (C=O) groups is 1. The zero-order valence-corrected chi connectivity index (χ0v) is 7.60. The van der Waals surface area contributed by atoms with E-state index >= 15 is 0 Å². The minimum Gasteiger partial charge on any atom is -0.478 e. The zero-order valence-electron chi connectivity index (χ0n) is 6.08. The predicted octanol–water partition coefficient (Wildman–Crippen LogP) is 1.96. The summed E-state index contributed by atoms with van der Waals surface area (Å²) in [5, 5.41) is 17.0. The summed E-state index contributed by atoms with van der Waals surface area (Å²) in [6, 6.07) is 1.65. The zero-order chi connectivity index (χ0) is 10.0. The van der Waals surface area contributed by atoms with Crippen LogP contribution >= 0.6 is 23.2 Å². The first-order valence-electron chi connectivity index (χ1n) is 3.05. The molecule has 0 bridgehead atoms. The number of halogens is 2. The normalized spacial score (nSPS) is 9.31. The molecule has 0 aliphatic heterocycles. The van der Waals surface area contributed by atoms with Crippen LogP contribution in [0, 0.1) is 11.3 Å². The van der Waals surface area contributed by atoms with Gasteiger partial charge < -0.3 is 5.11 Å². The highest BCUT2D eigenvalue weighted by Gasteiger charge is 2.16. The SMILES string of the molecule is N#Cc1c(C(=O)O)cnc(Cl)c1Cl. The maximum atomic E-state index is 10.6. The van der Waals surface area contributed by atoms with E-state index in [9.17, 15) is 4.79 Å². The van der Waals surface area contributed by atoms with E-state index in [-0.39, 0.29) is 21.3 Å². The fourth-order valence-electron chi connectivity index (χ4n) is 0.735. The maximum Gasteiger partial charge on any atom is 0.338 e. The molecule has 1 aromatic heterocycles. The van der Waals surface area contributed by atoms with Crippen molar-refractivity contribution >= 4 is 29.2 Å². The third kappa shape index (κ3) is 1.72. The van der Waals surface area contributed by atoms with Crippen molar-refractivity contribution in [2.75, 3.05) is 0 Å². The van der Waals surface area contributed by atoms with Crippen molar-refractivity contribution in [3.05, 3.63) is 27.5 Å². The lowest BCUT2D eigenvalue weighted by atomic mass is 10.1. The summed E-state index contributed by atoms with van der Waals surface area (Å²) in [5.74, 6) is -1.26. The van der Waals surface area contributed by atoms with Gasteiger partial charge in [0, 0.05) is 6.20 Å². The molecular weight excluding hydrogens is 215 g/mol. The maximum absolute atomic E-state index is 10.6. The van der Waals surface area contributed by atoms with E-state index in [4.69, 9.17) is 33.6 Å². The summed E-state index contributed by atoms with van der Waals surface area (Å²) < 4.78 is 0. The quantitative estimate of drug-likeness (QED) is 0.729. The van der Waals surface area contributed by atoms with Crippen LogP contribution in [0.1, 0.15) is 15.9 Å². The Morgan fingerprint density at radius 2 is 2.23 bits per heavy atom. The van der Waals surface area contributed by atoms with Gasteiger partial charge in [0.05, 0.1) is 16.1 Å². The molecule has 1 N–H and O–H groups in total. The van der Waals surface area contributed by atoms with Gasteiger partial charge in [-0.2, -0.15) is 5.26 Å². The number of carboxylic acid groups (broad SMARTS) is 1. The van der Waals surface area contributed by atoms with Gasteiger partial charge in [-0.15, -0.1) is 0 Å². The molecule has 1 rings (SSSR count). The molecule has 0 saturated carbocycles. The Bertz CT molecular complexity index is 412. The van der Waals surface area contributed by atoms with Crippen LogP contribution in [-0.2, 0) is 0 Å². The first-order chi connectivity index (χ1) is 6.07. The monoisotopic (exact) mass is 216 g/mol. The summed E-state index contributed by atoms with van der Waals surface area (Å²) in [7, 11) is 0. The number of nitrogens with zero attached hydrogens (tertiary/aromatic N) is 2. The van der Waals surface area contributed by atoms with Gasteiger partial charge in [0.15, 0.2) is 0 Å². The number of carboxylic acids is 1.